The van der Waals surface area contributed by atoms with Crippen molar-refractivity contribution in [2.45, 2.75) is 45.6 Å². The molecule has 2 aliphatic heterocycles. The van der Waals surface area contributed by atoms with E-state index in [-0.39, 0.29) is 24.0 Å². The second-order valence-corrected chi connectivity index (χ2v) is 7.64. The first-order chi connectivity index (χ1) is 9.50. The van der Waals surface area contributed by atoms with E-state index in [9.17, 15) is 5.11 Å². The van der Waals surface area contributed by atoms with Gasteiger partial charge in [0, 0.05) is 25.4 Å². The van der Waals surface area contributed by atoms with Gasteiger partial charge in [-0.1, -0.05) is 13.8 Å². The highest BCUT2D eigenvalue weighted by Gasteiger charge is 2.35. The van der Waals surface area contributed by atoms with E-state index in [0.29, 0.717) is 12.0 Å². The summed E-state index contributed by atoms with van der Waals surface area (Å²) >= 11 is 1.83. The summed E-state index contributed by atoms with van der Waals surface area (Å²) in [6.07, 6.45) is 3.31. The van der Waals surface area contributed by atoms with Crippen molar-refractivity contribution in [3.63, 3.8) is 0 Å². The molecule has 0 spiro atoms. The third kappa shape index (κ3) is 5.16. The number of thioether (sulfide) groups is 1. The van der Waals surface area contributed by atoms with Gasteiger partial charge in [-0.05, 0) is 37.4 Å². The Kier molecular flexibility index (Phi) is 7.60. The maximum absolute atomic E-state index is 10.4. The molecule has 2 aliphatic rings. The van der Waals surface area contributed by atoms with Gasteiger partial charge in [0.2, 0.25) is 0 Å². The summed E-state index contributed by atoms with van der Waals surface area (Å²) in [5.41, 5.74) is -0.171. The molecule has 2 rings (SSSR count). The van der Waals surface area contributed by atoms with Gasteiger partial charge in [-0.2, -0.15) is 11.8 Å². The molecule has 124 valence electrons. The van der Waals surface area contributed by atoms with Crippen molar-refractivity contribution < 1.29 is 5.11 Å². The molecule has 2 N–H and O–H groups in total. The SMILES string of the molecule is CCNC(=NCC1(O)CCSC1)N1CCC(C)(CC)C1.I. The molecule has 2 saturated heterocycles. The van der Waals surface area contributed by atoms with Gasteiger partial charge in [0.05, 0.1) is 12.1 Å². The summed E-state index contributed by atoms with van der Waals surface area (Å²) < 4.78 is 0. The van der Waals surface area contributed by atoms with E-state index >= 15 is 0 Å². The molecule has 6 heteroatoms. The summed E-state index contributed by atoms with van der Waals surface area (Å²) in [5, 5.41) is 13.8. The van der Waals surface area contributed by atoms with Crippen molar-refractivity contribution in [2.24, 2.45) is 10.4 Å². The number of rotatable bonds is 4. The Bertz CT molecular complexity index is 361. The van der Waals surface area contributed by atoms with Crippen LogP contribution in [0.5, 0.6) is 0 Å². The van der Waals surface area contributed by atoms with E-state index in [2.05, 4.69) is 31.0 Å². The summed E-state index contributed by atoms with van der Waals surface area (Å²) in [7, 11) is 0. The Balaban J connectivity index is 0.00000220. The van der Waals surface area contributed by atoms with Gasteiger partial charge in [-0.15, -0.1) is 24.0 Å². The molecule has 0 aromatic rings. The molecule has 21 heavy (non-hydrogen) atoms. The van der Waals surface area contributed by atoms with Gasteiger partial charge in [0.1, 0.15) is 0 Å². The van der Waals surface area contributed by atoms with Crippen LogP contribution < -0.4 is 5.32 Å². The standard InChI is InChI=1S/C15H29N3OS.HI/c1-4-14(3)6-8-18(11-14)13(16-5-2)17-10-15(19)7-9-20-12-15;/h19H,4-12H2,1-3H3,(H,16,17);1H. The fourth-order valence-corrected chi connectivity index (χ4v) is 4.15. The molecule has 0 aliphatic carbocycles. The topological polar surface area (TPSA) is 47.9 Å². The normalized spacial score (nSPS) is 33.1. The van der Waals surface area contributed by atoms with Crippen LogP contribution in [0.4, 0.5) is 0 Å². The van der Waals surface area contributed by atoms with Crippen LogP contribution in [-0.2, 0) is 0 Å². The van der Waals surface area contributed by atoms with Crippen LogP contribution >= 0.6 is 35.7 Å². The minimum absolute atomic E-state index is 0. The number of aliphatic imine (C=N–C) groups is 1. The number of aliphatic hydroxyl groups is 1. The highest BCUT2D eigenvalue weighted by atomic mass is 127. The first-order valence-corrected chi connectivity index (χ1v) is 8.99. The lowest BCUT2D eigenvalue weighted by Gasteiger charge is -2.26. The fraction of sp³-hybridized carbons (Fsp3) is 0.933. The smallest absolute Gasteiger partial charge is 0.194 e. The number of nitrogens with one attached hydrogen (secondary N) is 1. The first kappa shape index (κ1) is 19.4. The van der Waals surface area contributed by atoms with Crippen molar-refractivity contribution in [2.75, 3.05) is 37.7 Å². The quantitative estimate of drug-likeness (QED) is 0.412. The van der Waals surface area contributed by atoms with Crippen molar-refractivity contribution in [3.05, 3.63) is 0 Å². The summed E-state index contributed by atoms with van der Waals surface area (Å²) in [6.45, 7) is 10.3. The third-order valence-corrected chi connectivity index (χ3v) is 5.89. The molecule has 0 radical (unpaired) electrons. The van der Waals surface area contributed by atoms with Gasteiger partial charge in [-0.25, -0.2) is 0 Å². The van der Waals surface area contributed by atoms with Gasteiger partial charge in [0.25, 0.3) is 0 Å². The Labute approximate surface area is 150 Å². The van der Waals surface area contributed by atoms with Gasteiger partial charge in [-0.3, -0.25) is 4.99 Å². The van der Waals surface area contributed by atoms with E-state index < -0.39 is 5.60 Å². The zero-order valence-corrected chi connectivity index (χ0v) is 16.7. The first-order valence-electron chi connectivity index (χ1n) is 7.84. The molecule has 0 saturated carbocycles. The monoisotopic (exact) mass is 427 g/mol. The largest absolute Gasteiger partial charge is 0.387 e. The van der Waals surface area contributed by atoms with E-state index in [1.54, 1.807) is 0 Å². The van der Waals surface area contributed by atoms with Gasteiger partial charge >= 0.3 is 0 Å². The maximum atomic E-state index is 10.4. The molecule has 0 amide bonds. The highest BCUT2D eigenvalue weighted by molar-refractivity contribution is 14.0. The van der Waals surface area contributed by atoms with Crippen LogP contribution in [0.1, 0.15) is 40.0 Å². The summed E-state index contributed by atoms with van der Waals surface area (Å²) in [5.74, 6) is 2.86. The second kappa shape index (κ2) is 8.24. The van der Waals surface area contributed by atoms with Gasteiger partial charge in [0.15, 0.2) is 5.96 Å². The number of hydrogen-bond donors (Lipinski definition) is 2. The number of guanidine groups is 1. The highest BCUT2D eigenvalue weighted by Crippen LogP contribution is 2.33. The fourth-order valence-electron chi connectivity index (χ4n) is 2.86. The Morgan fingerprint density at radius 3 is 2.67 bits per heavy atom. The molecule has 0 aromatic heterocycles. The summed E-state index contributed by atoms with van der Waals surface area (Å²) in [6, 6.07) is 0. The van der Waals surface area contributed by atoms with Crippen LogP contribution in [0.15, 0.2) is 4.99 Å². The Morgan fingerprint density at radius 1 is 1.38 bits per heavy atom. The number of nitrogens with zero attached hydrogens (tertiary/aromatic N) is 2. The molecule has 4 nitrogen and oxygen atoms in total. The van der Waals surface area contributed by atoms with Crippen molar-refractivity contribution in [3.8, 4) is 0 Å². The molecule has 0 aromatic carbocycles. The molecule has 2 fully saturated rings. The molecule has 0 bridgehead atoms. The van der Waals surface area contributed by atoms with Crippen LogP contribution in [0.2, 0.25) is 0 Å². The van der Waals surface area contributed by atoms with Crippen molar-refractivity contribution in [1.82, 2.24) is 10.2 Å². The predicted molar refractivity (Wildman–Crippen MR) is 103 cm³/mol. The zero-order valence-electron chi connectivity index (χ0n) is 13.5. The van der Waals surface area contributed by atoms with Crippen LogP contribution in [-0.4, -0.2) is 59.3 Å². The molecule has 2 heterocycles. The molecule has 2 unspecified atom stereocenters. The minimum Gasteiger partial charge on any atom is -0.387 e. The number of halogens is 1. The van der Waals surface area contributed by atoms with Crippen LogP contribution in [0.3, 0.4) is 0 Å². The molecular formula is C15H30IN3OS. The molecule has 2 atom stereocenters. The number of hydrogen-bond acceptors (Lipinski definition) is 3. The maximum Gasteiger partial charge on any atom is 0.194 e. The average Bonchev–Trinajstić information content (AvgIpc) is 3.03. The van der Waals surface area contributed by atoms with E-state index in [4.69, 9.17) is 4.99 Å². The van der Waals surface area contributed by atoms with Gasteiger partial charge < -0.3 is 15.3 Å². The Morgan fingerprint density at radius 2 is 2.14 bits per heavy atom. The molecular weight excluding hydrogens is 397 g/mol. The van der Waals surface area contributed by atoms with E-state index in [1.807, 2.05) is 11.8 Å². The number of likely N-dealkylation sites (tertiary alicyclic amines) is 1. The third-order valence-electron chi connectivity index (χ3n) is 4.65. The second-order valence-electron chi connectivity index (χ2n) is 6.53. The van der Waals surface area contributed by atoms with E-state index in [1.165, 1.54) is 12.8 Å². The average molecular weight is 427 g/mol. The van der Waals surface area contributed by atoms with Crippen molar-refractivity contribution in [1.29, 1.82) is 0 Å². The lowest BCUT2D eigenvalue weighted by Crippen LogP contribution is -2.42. The van der Waals surface area contributed by atoms with E-state index in [0.717, 1.165) is 43.5 Å². The lowest BCUT2D eigenvalue weighted by atomic mass is 9.87. The Hall–Kier alpha value is 0.310. The van der Waals surface area contributed by atoms with Crippen LogP contribution in [0.25, 0.3) is 0 Å². The predicted octanol–water partition coefficient (Wildman–Crippen LogP) is 2.56. The summed E-state index contributed by atoms with van der Waals surface area (Å²) in [4.78, 5) is 7.08. The lowest BCUT2D eigenvalue weighted by molar-refractivity contribution is 0.0776. The minimum atomic E-state index is -0.584. The van der Waals surface area contributed by atoms with Crippen LogP contribution in [0, 0.1) is 5.41 Å². The zero-order chi connectivity index (χ0) is 14.6. The van der Waals surface area contributed by atoms with Crippen molar-refractivity contribution >= 4 is 41.7 Å².